The van der Waals surface area contributed by atoms with Gasteiger partial charge in [0.05, 0.1) is 17.8 Å². The van der Waals surface area contributed by atoms with Crippen LogP contribution in [0.1, 0.15) is 17.7 Å². The molecule has 0 amide bonds. The number of pyridine rings is 1. The maximum Gasteiger partial charge on any atom is 0.309 e. The number of nitrogen functional groups attached to an aromatic ring is 1. The minimum Gasteiger partial charge on any atom is -0.481 e. The third-order valence-corrected chi connectivity index (χ3v) is 2.10. The molecule has 0 saturated heterocycles. The molecule has 0 bridgehead atoms. The van der Waals surface area contributed by atoms with Crippen LogP contribution in [-0.4, -0.2) is 16.1 Å². The Hall–Kier alpha value is -1.24. The molecule has 0 aromatic carbocycles. The van der Waals surface area contributed by atoms with Crippen LogP contribution in [0.2, 0.25) is 0 Å². The second kappa shape index (κ2) is 4.52. The number of hydrogen-bond donors (Lipinski definition) is 2. The van der Waals surface area contributed by atoms with Gasteiger partial charge in [-0.15, -0.1) is 0 Å². The van der Waals surface area contributed by atoms with Gasteiger partial charge in [-0.25, -0.2) is 13.8 Å². The molecule has 0 aliphatic carbocycles. The lowest BCUT2D eigenvalue weighted by Gasteiger charge is -2.09. The molecule has 1 heterocycles. The fourth-order valence-corrected chi connectivity index (χ4v) is 1.51. The highest BCUT2D eigenvalue weighted by Crippen LogP contribution is 2.29. The standard InChI is InChI=1S/C8H7BrF2N2O2/c9-5-1-3(8(10)11)7(12)4(13-5)2-6(14)15/h1,8H,2,12H2,(H,14,15). The fourth-order valence-electron chi connectivity index (χ4n) is 1.05. The van der Waals surface area contributed by atoms with Gasteiger partial charge in [0.15, 0.2) is 0 Å². The third-order valence-electron chi connectivity index (χ3n) is 1.69. The largest absolute Gasteiger partial charge is 0.481 e. The zero-order chi connectivity index (χ0) is 11.6. The van der Waals surface area contributed by atoms with Crippen molar-refractivity contribution in [2.45, 2.75) is 12.8 Å². The topological polar surface area (TPSA) is 76.2 Å². The summed E-state index contributed by atoms with van der Waals surface area (Å²) in [5, 5.41) is 8.51. The molecule has 0 radical (unpaired) electrons. The van der Waals surface area contributed by atoms with Crippen molar-refractivity contribution in [2.75, 3.05) is 5.73 Å². The van der Waals surface area contributed by atoms with E-state index >= 15 is 0 Å². The van der Waals surface area contributed by atoms with Gasteiger partial charge in [-0.2, -0.15) is 0 Å². The third kappa shape index (κ3) is 2.85. The molecule has 0 fully saturated rings. The SMILES string of the molecule is Nc1c(C(F)F)cc(Br)nc1CC(=O)O. The lowest BCUT2D eigenvalue weighted by atomic mass is 10.1. The van der Waals surface area contributed by atoms with E-state index in [1.165, 1.54) is 0 Å². The van der Waals surface area contributed by atoms with Gasteiger partial charge < -0.3 is 10.8 Å². The molecular weight excluding hydrogens is 274 g/mol. The number of carboxylic acids is 1. The van der Waals surface area contributed by atoms with Crippen LogP contribution in [-0.2, 0) is 11.2 Å². The molecule has 3 N–H and O–H groups in total. The summed E-state index contributed by atoms with van der Waals surface area (Å²) in [5.74, 6) is -1.17. The molecule has 1 rings (SSSR count). The average molecular weight is 281 g/mol. The predicted octanol–water partition coefficient (Wildman–Crippen LogP) is 1.99. The zero-order valence-corrected chi connectivity index (χ0v) is 8.96. The predicted molar refractivity (Wildman–Crippen MR) is 52.6 cm³/mol. The highest BCUT2D eigenvalue weighted by atomic mass is 79.9. The quantitative estimate of drug-likeness (QED) is 0.831. The highest BCUT2D eigenvalue weighted by Gasteiger charge is 2.17. The van der Waals surface area contributed by atoms with E-state index in [2.05, 4.69) is 20.9 Å². The van der Waals surface area contributed by atoms with Crippen LogP contribution in [0.4, 0.5) is 14.5 Å². The van der Waals surface area contributed by atoms with Gasteiger partial charge >= 0.3 is 5.97 Å². The van der Waals surface area contributed by atoms with Crippen LogP contribution in [0, 0.1) is 0 Å². The maximum absolute atomic E-state index is 12.4. The molecule has 0 atom stereocenters. The van der Waals surface area contributed by atoms with E-state index in [1.54, 1.807) is 0 Å². The summed E-state index contributed by atoms with van der Waals surface area (Å²) in [6, 6.07) is 1.07. The summed E-state index contributed by atoms with van der Waals surface area (Å²) >= 11 is 2.91. The summed E-state index contributed by atoms with van der Waals surface area (Å²) in [6.07, 6.45) is -3.23. The van der Waals surface area contributed by atoms with E-state index in [1.807, 2.05) is 0 Å². The monoisotopic (exact) mass is 280 g/mol. The maximum atomic E-state index is 12.4. The number of carboxylic acid groups (broad SMARTS) is 1. The minimum atomic E-state index is -2.75. The Labute approximate surface area is 92.2 Å². The van der Waals surface area contributed by atoms with E-state index < -0.39 is 24.4 Å². The van der Waals surface area contributed by atoms with Crippen molar-refractivity contribution in [3.63, 3.8) is 0 Å². The van der Waals surface area contributed by atoms with E-state index in [4.69, 9.17) is 10.8 Å². The molecule has 0 aliphatic rings. The number of nitrogens with zero attached hydrogens (tertiary/aromatic N) is 1. The summed E-state index contributed by atoms with van der Waals surface area (Å²) < 4.78 is 25.0. The van der Waals surface area contributed by atoms with Crippen LogP contribution < -0.4 is 5.73 Å². The number of aliphatic carboxylic acids is 1. The second-order valence-electron chi connectivity index (χ2n) is 2.77. The highest BCUT2D eigenvalue weighted by molar-refractivity contribution is 9.10. The van der Waals surface area contributed by atoms with Gasteiger partial charge in [0.2, 0.25) is 0 Å². The lowest BCUT2D eigenvalue weighted by Crippen LogP contribution is -2.09. The normalized spacial score (nSPS) is 10.7. The van der Waals surface area contributed by atoms with Crippen LogP contribution in [0.3, 0.4) is 0 Å². The zero-order valence-electron chi connectivity index (χ0n) is 7.38. The molecule has 0 unspecified atom stereocenters. The summed E-state index contributed by atoms with van der Waals surface area (Å²) in [4.78, 5) is 14.1. The van der Waals surface area contributed by atoms with Crippen molar-refractivity contribution in [3.8, 4) is 0 Å². The van der Waals surface area contributed by atoms with Crippen LogP contribution in [0.15, 0.2) is 10.7 Å². The molecule has 0 saturated carbocycles. The van der Waals surface area contributed by atoms with Crippen molar-refractivity contribution in [2.24, 2.45) is 0 Å². The first-order valence-corrected chi connectivity index (χ1v) is 4.66. The Morgan fingerprint density at radius 3 is 2.73 bits per heavy atom. The number of alkyl halides is 2. The molecule has 4 nitrogen and oxygen atoms in total. The van der Waals surface area contributed by atoms with Gasteiger partial charge in [-0.1, -0.05) is 0 Å². The van der Waals surface area contributed by atoms with Gasteiger partial charge in [-0.3, -0.25) is 4.79 Å². The number of carbonyl (C=O) groups is 1. The Kier molecular flexibility index (Phi) is 3.57. The van der Waals surface area contributed by atoms with Gasteiger partial charge in [0.1, 0.15) is 4.60 Å². The number of anilines is 1. The number of halogens is 3. The molecule has 0 aliphatic heterocycles. The second-order valence-corrected chi connectivity index (χ2v) is 3.58. The van der Waals surface area contributed by atoms with E-state index in [0.717, 1.165) is 6.07 Å². The minimum absolute atomic E-state index is 0.0628. The lowest BCUT2D eigenvalue weighted by molar-refractivity contribution is -0.136. The van der Waals surface area contributed by atoms with E-state index in [-0.39, 0.29) is 16.0 Å². The first-order chi connectivity index (χ1) is 6.91. The van der Waals surface area contributed by atoms with Gasteiger partial charge in [-0.05, 0) is 22.0 Å². The van der Waals surface area contributed by atoms with Crippen LogP contribution >= 0.6 is 15.9 Å². The average Bonchev–Trinajstić information content (AvgIpc) is 2.09. The van der Waals surface area contributed by atoms with Crippen LogP contribution in [0.5, 0.6) is 0 Å². The summed E-state index contributed by atoms with van der Waals surface area (Å²) in [6.45, 7) is 0. The molecule has 1 aromatic heterocycles. The fraction of sp³-hybridized carbons (Fsp3) is 0.250. The van der Waals surface area contributed by atoms with E-state index in [0.29, 0.717) is 0 Å². The summed E-state index contributed by atoms with van der Waals surface area (Å²) in [7, 11) is 0. The molecule has 7 heteroatoms. The first-order valence-electron chi connectivity index (χ1n) is 3.86. The van der Waals surface area contributed by atoms with Gasteiger partial charge in [0, 0.05) is 5.56 Å². The smallest absolute Gasteiger partial charge is 0.309 e. The molecule has 15 heavy (non-hydrogen) atoms. The Balaban J connectivity index is 3.21. The van der Waals surface area contributed by atoms with Crippen molar-refractivity contribution in [1.82, 2.24) is 4.98 Å². The number of aromatic nitrogens is 1. The molecule has 82 valence electrons. The van der Waals surface area contributed by atoms with Crippen molar-refractivity contribution in [1.29, 1.82) is 0 Å². The Bertz CT molecular complexity index is 398. The number of rotatable bonds is 3. The molecular formula is C8H7BrF2N2O2. The van der Waals surface area contributed by atoms with Gasteiger partial charge in [0.25, 0.3) is 6.43 Å². The number of nitrogens with two attached hydrogens (primary N) is 1. The first kappa shape index (κ1) is 11.8. The van der Waals surface area contributed by atoms with Crippen LogP contribution in [0.25, 0.3) is 0 Å². The summed E-state index contributed by atoms with van der Waals surface area (Å²) in [5.41, 5.74) is 4.63. The Morgan fingerprint density at radius 2 is 2.27 bits per heavy atom. The Morgan fingerprint density at radius 1 is 1.67 bits per heavy atom. The molecule has 0 spiro atoms. The van der Waals surface area contributed by atoms with Crippen molar-refractivity contribution in [3.05, 3.63) is 21.9 Å². The number of hydrogen-bond acceptors (Lipinski definition) is 3. The van der Waals surface area contributed by atoms with Crippen molar-refractivity contribution >= 4 is 27.6 Å². The van der Waals surface area contributed by atoms with Crippen molar-refractivity contribution < 1.29 is 18.7 Å². The molecule has 1 aromatic rings. The van der Waals surface area contributed by atoms with E-state index in [9.17, 15) is 13.6 Å².